The van der Waals surface area contributed by atoms with Crippen LogP contribution in [0.2, 0.25) is 0 Å². The number of hydrogen-bond donors (Lipinski definition) is 3. The molecule has 40 heavy (non-hydrogen) atoms. The fourth-order valence-electron chi connectivity index (χ4n) is 5.15. The van der Waals surface area contributed by atoms with Crippen molar-refractivity contribution in [3.05, 3.63) is 84.1 Å². The Morgan fingerprint density at radius 1 is 0.950 bits per heavy atom. The summed E-state index contributed by atoms with van der Waals surface area (Å²) in [6.07, 6.45) is 1.80. The van der Waals surface area contributed by atoms with Crippen LogP contribution in [0.1, 0.15) is 36.7 Å². The number of aromatic amines is 2. The van der Waals surface area contributed by atoms with Crippen LogP contribution in [0.4, 0.5) is 11.4 Å². The zero-order valence-electron chi connectivity index (χ0n) is 23.5. The Morgan fingerprint density at radius 2 is 1.73 bits per heavy atom. The van der Waals surface area contributed by atoms with Gasteiger partial charge in [0, 0.05) is 48.7 Å². The Balaban J connectivity index is 1.23. The number of amides is 1. The van der Waals surface area contributed by atoms with E-state index in [4.69, 9.17) is 4.98 Å². The summed E-state index contributed by atoms with van der Waals surface area (Å²) in [6.45, 7) is 10.6. The highest BCUT2D eigenvalue weighted by Crippen LogP contribution is 2.32. The molecule has 3 N–H and O–H groups in total. The largest absolute Gasteiger partial charge is 0.369 e. The van der Waals surface area contributed by atoms with E-state index in [1.165, 1.54) is 11.3 Å². The molecule has 2 aromatic heterocycles. The van der Waals surface area contributed by atoms with Gasteiger partial charge < -0.3 is 20.1 Å². The Hall–Kier alpha value is -4.43. The molecule has 6 rings (SSSR count). The van der Waals surface area contributed by atoms with Crippen molar-refractivity contribution in [2.75, 3.05) is 43.4 Å². The van der Waals surface area contributed by atoms with Gasteiger partial charge in [0.15, 0.2) is 5.82 Å². The highest BCUT2D eigenvalue weighted by molar-refractivity contribution is 6.04. The van der Waals surface area contributed by atoms with Crippen molar-refractivity contribution in [1.82, 2.24) is 25.1 Å². The molecule has 0 bridgehead atoms. The van der Waals surface area contributed by atoms with Gasteiger partial charge in [0.25, 0.3) is 5.91 Å². The van der Waals surface area contributed by atoms with Crippen molar-refractivity contribution in [2.24, 2.45) is 0 Å². The summed E-state index contributed by atoms with van der Waals surface area (Å²) in [5, 5.41) is 10.5. The van der Waals surface area contributed by atoms with Gasteiger partial charge in [0.2, 0.25) is 0 Å². The number of carbonyl (C=O) groups is 1. The smallest absolute Gasteiger partial charge is 0.255 e. The lowest BCUT2D eigenvalue weighted by molar-refractivity contribution is 0.102. The minimum absolute atomic E-state index is 0.0401. The second kappa shape index (κ2) is 10.3. The lowest BCUT2D eigenvalue weighted by atomic mass is 9.87. The second-order valence-corrected chi connectivity index (χ2v) is 11.6. The predicted octanol–water partition coefficient (Wildman–Crippen LogP) is 5.92. The molecule has 1 amide bonds. The lowest BCUT2D eigenvalue weighted by Crippen LogP contribution is -2.44. The molecule has 1 aliphatic heterocycles. The van der Waals surface area contributed by atoms with E-state index >= 15 is 0 Å². The number of anilines is 2. The number of imidazole rings is 1. The molecule has 0 spiro atoms. The number of H-pyrrole nitrogens is 2. The molecule has 1 fully saturated rings. The molecule has 8 heteroatoms. The minimum atomic E-state index is -0.140. The lowest BCUT2D eigenvalue weighted by Gasteiger charge is -2.34. The van der Waals surface area contributed by atoms with Crippen LogP contribution in [0.25, 0.3) is 33.7 Å². The van der Waals surface area contributed by atoms with Crippen LogP contribution in [0.3, 0.4) is 0 Å². The van der Waals surface area contributed by atoms with Crippen molar-refractivity contribution in [3.63, 3.8) is 0 Å². The quantitative estimate of drug-likeness (QED) is 0.261. The number of likely N-dealkylation sites (N-methyl/N-ethyl adjacent to an activating group) is 1. The zero-order chi connectivity index (χ0) is 27.9. The molecule has 0 radical (unpaired) electrons. The molecule has 0 aliphatic carbocycles. The Morgan fingerprint density at radius 3 is 2.48 bits per heavy atom. The first-order valence-corrected chi connectivity index (χ1v) is 13.7. The Kier molecular flexibility index (Phi) is 6.64. The molecule has 0 saturated carbocycles. The van der Waals surface area contributed by atoms with Gasteiger partial charge in [-0.2, -0.15) is 5.10 Å². The molecule has 3 aromatic carbocycles. The topological polar surface area (TPSA) is 92.9 Å². The summed E-state index contributed by atoms with van der Waals surface area (Å²) in [4.78, 5) is 26.1. The maximum atomic E-state index is 13.0. The highest BCUT2D eigenvalue weighted by Gasteiger charge is 2.18. The summed E-state index contributed by atoms with van der Waals surface area (Å²) >= 11 is 0. The first kappa shape index (κ1) is 25.8. The normalized spacial score (nSPS) is 14.6. The van der Waals surface area contributed by atoms with Crippen LogP contribution in [0.15, 0.2) is 72.9 Å². The summed E-state index contributed by atoms with van der Waals surface area (Å²) in [5.74, 6) is 0.588. The molecule has 1 aliphatic rings. The Bertz CT molecular complexity index is 1650. The number of rotatable bonds is 5. The summed E-state index contributed by atoms with van der Waals surface area (Å²) in [6, 6.07) is 22.0. The third-order valence-electron chi connectivity index (χ3n) is 7.65. The zero-order valence-corrected chi connectivity index (χ0v) is 23.5. The molecule has 0 atom stereocenters. The number of aromatic nitrogens is 4. The monoisotopic (exact) mass is 533 g/mol. The minimum Gasteiger partial charge on any atom is -0.369 e. The number of nitrogens with one attached hydrogen (secondary N) is 3. The fraction of sp³-hybridized carbons (Fsp3) is 0.281. The van der Waals surface area contributed by atoms with Gasteiger partial charge in [0.05, 0.1) is 17.2 Å². The van der Waals surface area contributed by atoms with Crippen LogP contribution in [0.5, 0.6) is 0 Å². The van der Waals surface area contributed by atoms with E-state index in [-0.39, 0.29) is 11.3 Å². The van der Waals surface area contributed by atoms with Crippen LogP contribution in [-0.4, -0.2) is 64.2 Å². The standard InChI is InChI=1S/C32H35N7O/c1-32(2,3)23-10-8-21(9-11-23)31(40)34-24-7-5-6-22(18-24)26-20-33-37-29(26)30-35-27-13-12-25(19-28(27)36-30)39-16-14-38(4)15-17-39/h5-13,18-20H,14-17H2,1-4H3,(H,33,37)(H,34,40)(H,35,36). The number of hydrogen-bond acceptors (Lipinski definition) is 5. The van der Waals surface area contributed by atoms with Crippen LogP contribution >= 0.6 is 0 Å². The van der Waals surface area contributed by atoms with Crippen molar-refractivity contribution in [2.45, 2.75) is 26.2 Å². The van der Waals surface area contributed by atoms with Crippen LogP contribution < -0.4 is 10.2 Å². The maximum absolute atomic E-state index is 13.0. The van der Waals surface area contributed by atoms with Crippen molar-refractivity contribution in [1.29, 1.82) is 0 Å². The predicted molar refractivity (Wildman–Crippen MR) is 162 cm³/mol. The molecule has 204 valence electrons. The molecule has 1 saturated heterocycles. The third-order valence-corrected chi connectivity index (χ3v) is 7.65. The summed E-state index contributed by atoms with van der Waals surface area (Å²) in [7, 11) is 2.17. The van der Waals surface area contributed by atoms with Gasteiger partial charge in [-0.1, -0.05) is 45.0 Å². The van der Waals surface area contributed by atoms with Gasteiger partial charge in [-0.05, 0) is 66.1 Å². The number of benzene rings is 3. The summed E-state index contributed by atoms with van der Waals surface area (Å²) in [5.41, 5.74) is 8.33. The highest BCUT2D eigenvalue weighted by atomic mass is 16.1. The van der Waals surface area contributed by atoms with Gasteiger partial charge in [-0.25, -0.2) is 4.98 Å². The van der Waals surface area contributed by atoms with Gasteiger partial charge in [-0.3, -0.25) is 9.89 Å². The third kappa shape index (κ3) is 5.22. The molecule has 8 nitrogen and oxygen atoms in total. The average molecular weight is 534 g/mol. The van der Waals surface area contributed by atoms with E-state index in [0.717, 1.165) is 65.5 Å². The van der Waals surface area contributed by atoms with Crippen LogP contribution in [-0.2, 0) is 5.41 Å². The number of carbonyl (C=O) groups excluding carboxylic acids is 1. The number of nitrogens with zero attached hydrogens (tertiary/aromatic N) is 4. The molecule has 3 heterocycles. The SMILES string of the molecule is CN1CCN(c2ccc3nc(-c4[nH]ncc4-c4cccc(NC(=O)c5ccc(C(C)(C)C)cc5)c4)[nH]c3c2)CC1. The van der Waals surface area contributed by atoms with E-state index in [2.05, 4.69) is 76.3 Å². The van der Waals surface area contributed by atoms with E-state index in [1.54, 1.807) is 6.20 Å². The van der Waals surface area contributed by atoms with E-state index in [9.17, 15) is 4.79 Å². The molecule has 0 unspecified atom stereocenters. The Labute approximate surface area is 234 Å². The van der Waals surface area contributed by atoms with Crippen molar-refractivity contribution < 1.29 is 4.79 Å². The molecular weight excluding hydrogens is 498 g/mol. The van der Waals surface area contributed by atoms with Gasteiger partial charge in [0.1, 0.15) is 5.69 Å². The second-order valence-electron chi connectivity index (χ2n) is 11.6. The van der Waals surface area contributed by atoms with Crippen LogP contribution in [0, 0.1) is 0 Å². The molecule has 5 aromatic rings. The van der Waals surface area contributed by atoms with Crippen molar-refractivity contribution in [3.8, 4) is 22.6 Å². The van der Waals surface area contributed by atoms with Gasteiger partial charge in [-0.15, -0.1) is 0 Å². The first-order chi connectivity index (χ1) is 19.2. The maximum Gasteiger partial charge on any atom is 0.255 e. The van der Waals surface area contributed by atoms with Crippen molar-refractivity contribution >= 4 is 28.3 Å². The van der Waals surface area contributed by atoms with E-state index in [1.807, 2.05) is 48.5 Å². The average Bonchev–Trinajstić information content (AvgIpc) is 3.60. The summed E-state index contributed by atoms with van der Waals surface area (Å²) < 4.78 is 0. The molecular formula is C32H35N7O. The number of piperazine rings is 1. The fourth-order valence-corrected chi connectivity index (χ4v) is 5.15. The van der Waals surface area contributed by atoms with E-state index in [0.29, 0.717) is 5.56 Å². The first-order valence-electron chi connectivity index (χ1n) is 13.7. The van der Waals surface area contributed by atoms with Gasteiger partial charge >= 0.3 is 0 Å². The number of fused-ring (bicyclic) bond motifs is 1. The van der Waals surface area contributed by atoms with E-state index < -0.39 is 0 Å².